The van der Waals surface area contributed by atoms with Crippen LogP contribution in [0, 0.1) is 5.92 Å². The summed E-state index contributed by atoms with van der Waals surface area (Å²) in [5.74, 6) is -0.777. The van der Waals surface area contributed by atoms with E-state index >= 15 is 0 Å². The number of sulfonamides is 1. The first-order valence-electron chi connectivity index (χ1n) is 6.28. The maximum absolute atomic E-state index is 11.3. The highest BCUT2D eigenvalue weighted by Crippen LogP contribution is 2.24. The molecule has 6 nitrogen and oxygen atoms in total. The maximum atomic E-state index is 11.3. The second kappa shape index (κ2) is 6.23. The molecule has 1 aromatic carbocycles. The number of carboxylic acids is 1. The minimum Gasteiger partial charge on any atom is -0.478 e. The molecule has 0 fully saturated rings. The number of aromatic carboxylic acids is 1. The number of rotatable bonds is 6. The summed E-state index contributed by atoms with van der Waals surface area (Å²) in [5, 5.41) is 14.3. The van der Waals surface area contributed by atoms with Gasteiger partial charge in [0, 0.05) is 13.6 Å². The fourth-order valence-electron chi connectivity index (χ4n) is 1.89. The molecule has 0 aliphatic heterocycles. The number of hydrogen-bond acceptors (Lipinski definition) is 4. The summed E-state index contributed by atoms with van der Waals surface area (Å²) in [5.41, 5.74) is 0.410. The van der Waals surface area contributed by atoms with Gasteiger partial charge in [-0.1, -0.05) is 20.3 Å². The minimum atomic E-state index is -3.91. The summed E-state index contributed by atoms with van der Waals surface area (Å²) in [7, 11) is -2.13. The fraction of sp³-hybridized carbons (Fsp3) is 0.462. The predicted molar refractivity (Wildman–Crippen MR) is 77.5 cm³/mol. The Bertz CT molecular complexity index is 598. The molecule has 20 heavy (non-hydrogen) atoms. The molecule has 0 aromatic heterocycles. The number of carbonyl (C=O) groups is 1. The molecule has 1 aromatic rings. The number of hydrogen-bond donors (Lipinski definition) is 2. The third-order valence-electron chi connectivity index (χ3n) is 3.22. The lowest BCUT2D eigenvalue weighted by Gasteiger charge is -2.24. The van der Waals surface area contributed by atoms with Gasteiger partial charge in [0.1, 0.15) is 0 Å². The smallest absolute Gasteiger partial charge is 0.337 e. The van der Waals surface area contributed by atoms with E-state index in [2.05, 4.69) is 13.8 Å². The summed E-state index contributed by atoms with van der Waals surface area (Å²) in [4.78, 5) is 12.9. The van der Waals surface area contributed by atoms with Crippen LogP contribution in [0.3, 0.4) is 0 Å². The van der Waals surface area contributed by atoms with Crippen molar-refractivity contribution in [1.82, 2.24) is 0 Å². The van der Waals surface area contributed by atoms with E-state index in [-0.39, 0.29) is 10.5 Å². The third kappa shape index (κ3) is 3.94. The lowest BCUT2D eigenvalue weighted by molar-refractivity contribution is 0.0697. The van der Waals surface area contributed by atoms with Crippen molar-refractivity contribution in [2.45, 2.75) is 25.2 Å². The first kappa shape index (κ1) is 16.5. The summed E-state index contributed by atoms with van der Waals surface area (Å²) in [6.45, 7) is 4.81. The van der Waals surface area contributed by atoms with E-state index in [1.54, 1.807) is 7.05 Å². The maximum Gasteiger partial charge on any atom is 0.337 e. The van der Waals surface area contributed by atoms with Crippen LogP contribution in [-0.4, -0.2) is 33.1 Å². The van der Waals surface area contributed by atoms with Crippen molar-refractivity contribution < 1.29 is 18.3 Å². The Kier molecular flexibility index (Phi) is 5.13. The molecule has 7 heteroatoms. The van der Waals surface area contributed by atoms with Crippen molar-refractivity contribution in [2.24, 2.45) is 11.1 Å². The highest BCUT2D eigenvalue weighted by Gasteiger charge is 2.18. The Hall–Kier alpha value is -1.60. The first-order chi connectivity index (χ1) is 9.16. The molecule has 112 valence electrons. The third-order valence-corrected chi connectivity index (χ3v) is 4.13. The number of nitrogens with zero attached hydrogens (tertiary/aromatic N) is 1. The van der Waals surface area contributed by atoms with Crippen LogP contribution in [0.4, 0.5) is 5.69 Å². The molecule has 3 N–H and O–H groups in total. The number of benzene rings is 1. The van der Waals surface area contributed by atoms with E-state index in [4.69, 9.17) is 5.14 Å². The molecule has 0 aliphatic carbocycles. The monoisotopic (exact) mass is 300 g/mol. The average molecular weight is 300 g/mol. The zero-order chi connectivity index (χ0) is 15.5. The van der Waals surface area contributed by atoms with Gasteiger partial charge in [0.15, 0.2) is 0 Å². The zero-order valence-corrected chi connectivity index (χ0v) is 12.6. The molecule has 0 aliphatic rings. The first-order valence-corrected chi connectivity index (χ1v) is 7.82. The summed E-state index contributed by atoms with van der Waals surface area (Å²) >= 11 is 0. The Morgan fingerprint density at radius 1 is 1.45 bits per heavy atom. The van der Waals surface area contributed by atoms with Crippen LogP contribution in [0.15, 0.2) is 23.1 Å². The summed E-state index contributed by atoms with van der Waals surface area (Å²) < 4.78 is 22.6. The standard InChI is InChI=1S/C13H20N2O4S/c1-4-9(2)8-15(3)12-6-5-10(20(14,18)19)7-11(12)13(16)17/h5-7,9H,4,8H2,1-3H3,(H,16,17)(H2,14,18,19). The Labute approximate surface area is 119 Å². The largest absolute Gasteiger partial charge is 0.478 e. The lowest BCUT2D eigenvalue weighted by Crippen LogP contribution is -2.26. The topological polar surface area (TPSA) is 101 Å². The minimum absolute atomic E-state index is 0.0673. The quantitative estimate of drug-likeness (QED) is 0.829. The van der Waals surface area contributed by atoms with E-state index in [0.717, 1.165) is 12.5 Å². The van der Waals surface area contributed by atoms with Crippen molar-refractivity contribution in [3.63, 3.8) is 0 Å². The molecule has 0 heterocycles. The lowest BCUT2D eigenvalue weighted by atomic mass is 10.1. The molecular formula is C13H20N2O4S. The summed E-state index contributed by atoms with van der Waals surface area (Å²) in [6, 6.07) is 3.90. The van der Waals surface area contributed by atoms with E-state index in [9.17, 15) is 18.3 Å². The van der Waals surface area contributed by atoms with Crippen LogP contribution in [0.1, 0.15) is 30.6 Å². The Balaban J connectivity index is 3.24. The second-order valence-electron chi connectivity index (χ2n) is 4.92. The highest BCUT2D eigenvalue weighted by atomic mass is 32.2. The van der Waals surface area contributed by atoms with Crippen molar-refractivity contribution in [1.29, 1.82) is 0 Å². The van der Waals surface area contributed by atoms with Crippen LogP contribution in [0.2, 0.25) is 0 Å². The Morgan fingerprint density at radius 2 is 2.05 bits per heavy atom. The van der Waals surface area contributed by atoms with Crippen molar-refractivity contribution in [3.05, 3.63) is 23.8 Å². The Morgan fingerprint density at radius 3 is 2.50 bits per heavy atom. The van der Waals surface area contributed by atoms with E-state index in [1.807, 2.05) is 4.90 Å². The van der Waals surface area contributed by atoms with Gasteiger partial charge >= 0.3 is 5.97 Å². The van der Waals surface area contributed by atoms with Gasteiger partial charge in [-0.25, -0.2) is 18.4 Å². The molecule has 0 bridgehead atoms. The molecule has 1 atom stereocenters. The van der Waals surface area contributed by atoms with Crippen LogP contribution in [-0.2, 0) is 10.0 Å². The van der Waals surface area contributed by atoms with Crippen LogP contribution < -0.4 is 10.0 Å². The molecule has 1 rings (SSSR count). The number of carboxylic acid groups (broad SMARTS) is 1. The van der Waals surface area contributed by atoms with E-state index < -0.39 is 16.0 Å². The van der Waals surface area contributed by atoms with Crippen molar-refractivity contribution in [2.75, 3.05) is 18.5 Å². The van der Waals surface area contributed by atoms with Crippen molar-refractivity contribution >= 4 is 21.7 Å². The zero-order valence-electron chi connectivity index (χ0n) is 11.8. The second-order valence-corrected chi connectivity index (χ2v) is 6.48. The van der Waals surface area contributed by atoms with Crippen LogP contribution in [0.5, 0.6) is 0 Å². The van der Waals surface area contributed by atoms with Gasteiger partial charge in [-0.15, -0.1) is 0 Å². The van der Waals surface area contributed by atoms with E-state index in [0.29, 0.717) is 18.2 Å². The normalized spacial score (nSPS) is 13.0. The highest BCUT2D eigenvalue weighted by molar-refractivity contribution is 7.89. The van der Waals surface area contributed by atoms with Gasteiger partial charge in [-0.3, -0.25) is 0 Å². The van der Waals surface area contributed by atoms with Gasteiger partial charge in [0.25, 0.3) is 0 Å². The molecule has 1 unspecified atom stereocenters. The molecular weight excluding hydrogens is 280 g/mol. The predicted octanol–water partition coefficient (Wildman–Crippen LogP) is 1.51. The number of anilines is 1. The van der Waals surface area contributed by atoms with E-state index in [1.165, 1.54) is 12.1 Å². The molecule has 0 saturated carbocycles. The van der Waals surface area contributed by atoms with Crippen LogP contribution in [0.25, 0.3) is 0 Å². The number of primary sulfonamides is 1. The average Bonchev–Trinajstić information content (AvgIpc) is 2.36. The van der Waals surface area contributed by atoms with Gasteiger partial charge in [-0.2, -0.15) is 0 Å². The molecule has 0 saturated heterocycles. The fourth-order valence-corrected chi connectivity index (χ4v) is 2.43. The van der Waals surface area contributed by atoms with Gasteiger partial charge in [-0.05, 0) is 24.1 Å². The van der Waals surface area contributed by atoms with Crippen molar-refractivity contribution in [3.8, 4) is 0 Å². The van der Waals surface area contributed by atoms with Gasteiger partial charge in [0.05, 0.1) is 16.1 Å². The van der Waals surface area contributed by atoms with Gasteiger partial charge in [0.2, 0.25) is 10.0 Å². The van der Waals surface area contributed by atoms with Crippen LogP contribution >= 0.6 is 0 Å². The number of nitrogens with two attached hydrogens (primary N) is 1. The SMILES string of the molecule is CCC(C)CN(C)c1ccc(S(N)(=O)=O)cc1C(=O)O. The van der Waals surface area contributed by atoms with Gasteiger partial charge < -0.3 is 10.0 Å². The molecule has 0 amide bonds. The molecule has 0 radical (unpaired) electrons. The molecule has 0 spiro atoms. The summed E-state index contributed by atoms with van der Waals surface area (Å²) in [6.07, 6.45) is 0.974.